The van der Waals surface area contributed by atoms with Gasteiger partial charge >= 0.3 is 0 Å². The Morgan fingerprint density at radius 2 is 1.63 bits per heavy atom. The van der Waals surface area contributed by atoms with Crippen molar-refractivity contribution in [2.75, 3.05) is 32.7 Å². The van der Waals surface area contributed by atoms with E-state index in [1.54, 1.807) is 0 Å². The Bertz CT molecular complexity index is 1010. The maximum Gasteiger partial charge on any atom is 0.257 e. The normalized spacial score (nSPS) is 17.4. The van der Waals surface area contributed by atoms with Gasteiger partial charge in [-0.05, 0) is 44.9 Å². The van der Waals surface area contributed by atoms with Gasteiger partial charge in [-0.15, -0.1) is 0 Å². The van der Waals surface area contributed by atoms with Crippen LogP contribution < -0.4 is 0 Å². The van der Waals surface area contributed by atoms with Crippen LogP contribution in [0.3, 0.4) is 0 Å². The fraction of sp³-hybridized carbons (Fsp3) is 0.455. The summed E-state index contributed by atoms with van der Waals surface area (Å²) >= 11 is 0. The highest BCUT2D eigenvalue weighted by Gasteiger charge is 2.30. The number of carbonyl (C=O) groups is 2. The summed E-state index contributed by atoms with van der Waals surface area (Å²) in [5.41, 5.74) is 2.36. The first-order chi connectivity index (χ1) is 14.3. The summed E-state index contributed by atoms with van der Waals surface area (Å²) in [5, 5.41) is 0. The van der Waals surface area contributed by atoms with Crippen molar-refractivity contribution in [1.29, 1.82) is 0 Å². The summed E-state index contributed by atoms with van der Waals surface area (Å²) < 4.78 is 42.7. The van der Waals surface area contributed by atoms with Gasteiger partial charge in [-0.25, -0.2) is 13.2 Å². The second-order valence-electron chi connectivity index (χ2n) is 8.10. The molecule has 5 nitrogen and oxygen atoms in total. The molecule has 160 valence electrons. The van der Waals surface area contributed by atoms with Gasteiger partial charge in [-0.3, -0.25) is 14.5 Å². The van der Waals surface area contributed by atoms with Crippen molar-refractivity contribution in [3.8, 4) is 0 Å². The van der Waals surface area contributed by atoms with E-state index in [1.165, 1.54) is 4.90 Å². The molecule has 2 aliphatic rings. The number of Topliss-reactive ketones (excluding diaryl/α,β-unsaturated/α-hetero) is 1. The summed E-state index contributed by atoms with van der Waals surface area (Å²) in [7, 11) is 0. The zero-order valence-electron chi connectivity index (χ0n) is 17.1. The molecule has 0 bridgehead atoms. The summed E-state index contributed by atoms with van der Waals surface area (Å²) in [6.07, 6.45) is 2.30. The molecule has 4 rings (SSSR count). The van der Waals surface area contributed by atoms with Crippen LogP contribution >= 0.6 is 0 Å². The van der Waals surface area contributed by atoms with Gasteiger partial charge in [-0.1, -0.05) is 0 Å². The molecular weight excluding hydrogens is 395 g/mol. The number of aromatic nitrogens is 1. The molecule has 1 aliphatic heterocycles. The molecule has 1 aromatic heterocycles. The van der Waals surface area contributed by atoms with E-state index in [9.17, 15) is 22.8 Å². The van der Waals surface area contributed by atoms with Crippen molar-refractivity contribution in [2.45, 2.75) is 32.7 Å². The lowest BCUT2D eigenvalue weighted by Gasteiger charge is -2.34. The highest BCUT2D eigenvalue weighted by Crippen LogP contribution is 2.38. The van der Waals surface area contributed by atoms with Crippen molar-refractivity contribution in [1.82, 2.24) is 14.4 Å². The number of ketones is 1. The number of benzene rings is 1. The van der Waals surface area contributed by atoms with Crippen LogP contribution in [0.4, 0.5) is 13.2 Å². The number of carbonyl (C=O) groups excluding carboxylic acids is 2. The first-order valence-corrected chi connectivity index (χ1v) is 10.1. The molecule has 1 saturated heterocycles. The van der Waals surface area contributed by atoms with Crippen LogP contribution in [0.2, 0.25) is 0 Å². The van der Waals surface area contributed by atoms with Crippen molar-refractivity contribution in [3.05, 3.63) is 58.2 Å². The van der Waals surface area contributed by atoms with Gasteiger partial charge in [0, 0.05) is 49.2 Å². The Kier molecular flexibility index (Phi) is 5.44. The van der Waals surface area contributed by atoms with Gasteiger partial charge in [0.2, 0.25) is 0 Å². The van der Waals surface area contributed by atoms with Crippen molar-refractivity contribution >= 4 is 11.7 Å². The van der Waals surface area contributed by atoms with E-state index in [-0.39, 0.29) is 25.4 Å². The van der Waals surface area contributed by atoms with Crippen molar-refractivity contribution < 1.29 is 22.8 Å². The van der Waals surface area contributed by atoms with E-state index >= 15 is 0 Å². The monoisotopic (exact) mass is 419 g/mol. The number of halogens is 3. The van der Waals surface area contributed by atoms with Gasteiger partial charge in [0.05, 0.1) is 12.1 Å². The van der Waals surface area contributed by atoms with Crippen LogP contribution in [-0.2, 0) is 0 Å². The fourth-order valence-electron chi connectivity index (χ4n) is 4.21. The molecule has 0 atom stereocenters. The molecule has 1 aliphatic carbocycles. The molecule has 0 spiro atoms. The number of rotatable bonds is 5. The molecule has 0 N–H and O–H groups in total. The summed E-state index contributed by atoms with van der Waals surface area (Å²) in [6, 6.07) is 4.17. The molecular formula is C22H24F3N3O2. The quantitative estimate of drug-likeness (QED) is 0.551. The van der Waals surface area contributed by atoms with Crippen LogP contribution in [0.5, 0.6) is 0 Å². The van der Waals surface area contributed by atoms with Crippen LogP contribution in [0, 0.1) is 31.3 Å². The summed E-state index contributed by atoms with van der Waals surface area (Å²) in [5.74, 6) is -5.07. The predicted molar refractivity (Wildman–Crippen MR) is 105 cm³/mol. The maximum atomic E-state index is 13.9. The first-order valence-electron chi connectivity index (χ1n) is 10.1. The minimum atomic E-state index is -1.64. The van der Waals surface area contributed by atoms with E-state index in [0.29, 0.717) is 19.1 Å². The van der Waals surface area contributed by atoms with E-state index in [4.69, 9.17) is 0 Å². The van der Waals surface area contributed by atoms with E-state index in [2.05, 4.69) is 4.57 Å². The zero-order valence-corrected chi connectivity index (χ0v) is 17.1. The van der Waals surface area contributed by atoms with Gasteiger partial charge in [0.15, 0.2) is 23.2 Å². The molecule has 8 heteroatoms. The van der Waals surface area contributed by atoms with Crippen LogP contribution in [0.1, 0.15) is 51.0 Å². The van der Waals surface area contributed by atoms with Gasteiger partial charge in [0.1, 0.15) is 0 Å². The third kappa shape index (κ3) is 3.76. The largest absolute Gasteiger partial charge is 0.345 e. The molecule has 1 amide bonds. The second kappa shape index (κ2) is 7.91. The number of nitrogens with zero attached hydrogens (tertiary/aromatic N) is 3. The van der Waals surface area contributed by atoms with E-state index in [0.717, 1.165) is 41.9 Å². The summed E-state index contributed by atoms with van der Waals surface area (Å²) in [4.78, 5) is 28.7. The minimum Gasteiger partial charge on any atom is -0.345 e. The van der Waals surface area contributed by atoms with E-state index < -0.39 is 28.9 Å². The number of aryl methyl sites for hydroxylation is 1. The highest BCUT2D eigenvalue weighted by molar-refractivity contribution is 5.99. The standard InChI is InChI=1S/C22H24F3N3O2/c1-13-11-17(14(2)28(13)15-3-4-15)19(29)12-26-7-9-27(10-8-26)22(30)16-5-6-18(23)21(25)20(16)24/h5-6,11,15H,3-4,7-10,12H2,1-2H3. The number of amides is 1. The molecule has 2 aromatic rings. The van der Waals surface area contributed by atoms with Crippen molar-refractivity contribution in [3.63, 3.8) is 0 Å². The van der Waals surface area contributed by atoms with E-state index in [1.807, 2.05) is 24.8 Å². The third-order valence-corrected chi connectivity index (χ3v) is 5.99. The smallest absolute Gasteiger partial charge is 0.257 e. The average Bonchev–Trinajstić information content (AvgIpc) is 3.50. The highest BCUT2D eigenvalue weighted by atomic mass is 19.2. The van der Waals surface area contributed by atoms with Gasteiger partial charge in [-0.2, -0.15) is 0 Å². The molecule has 1 aromatic carbocycles. The molecule has 2 fully saturated rings. The predicted octanol–water partition coefficient (Wildman–Crippen LogP) is 3.50. The average molecular weight is 419 g/mol. The van der Waals surface area contributed by atoms with Crippen molar-refractivity contribution in [2.24, 2.45) is 0 Å². The Hall–Kier alpha value is -2.61. The Labute approximate surface area is 173 Å². The molecule has 1 saturated carbocycles. The number of hydrogen-bond acceptors (Lipinski definition) is 3. The topological polar surface area (TPSA) is 45.6 Å². The third-order valence-electron chi connectivity index (χ3n) is 5.99. The lowest BCUT2D eigenvalue weighted by molar-refractivity contribution is 0.0619. The Balaban J connectivity index is 1.37. The fourth-order valence-corrected chi connectivity index (χ4v) is 4.21. The first kappa shape index (κ1) is 20.7. The second-order valence-corrected chi connectivity index (χ2v) is 8.10. The zero-order chi connectivity index (χ0) is 21.6. The van der Waals surface area contributed by atoms with Gasteiger partial charge < -0.3 is 9.47 Å². The Morgan fingerprint density at radius 3 is 2.27 bits per heavy atom. The SMILES string of the molecule is Cc1cc(C(=O)CN2CCN(C(=O)c3ccc(F)c(F)c3F)CC2)c(C)n1C1CC1. The van der Waals surface area contributed by atoms with Crippen LogP contribution in [0.25, 0.3) is 0 Å². The number of piperazine rings is 1. The Morgan fingerprint density at radius 1 is 0.967 bits per heavy atom. The lowest BCUT2D eigenvalue weighted by atomic mass is 10.1. The van der Waals surface area contributed by atoms with Crippen LogP contribution in [0.15, 0.2) is 18.2 Å². The maximum absolute atomic E-state index is 13.9. The molecule has 0 radical (unpaired) electrons. The minimum absolute atomic E-state index is 0.0430. The van der Waals surface area contributed by atoms with Gasteiger partial charge in [0.25, 0.3) is 5.91 Å². The molecule has 0 unspecified atom stereocenters. The lowest BCUT2D eigenvalue weighted by Crippen LogP contribution is -2.50. The summed E-state index contributed by atoms with van der Waals surface area (Å²) in [6.45, 7) is 5.71. The van der Waals surface area contributed by atoms with Crippen LogP contribution in [-0.4, -0.2) is 58.8 Å². The molecule has 30 heavy (non-hydrogen) atoms. The number of hydrogen-bond donors (Lipinski definition) is 0. The molecule has 2 heterocycles.